The van der Waals surface area contributed by atoms with Gasteiger partial charge in [0, 0.05) is 15.7 Å². The summed E-state index contributed by atoms with van der Waals surface area (Å²) >= 11 is 3.24. The average Bonchev–Trinajstić information content (AvgIpc) is 2.32. The van der Waals surface area contributed by atoms with Crippen LogP contribution in [0.2, 0.25) is 0 Å². The second kappa shape index (κ2) is 7.13. The number of benzene rings is 1. The standard InChI is InChI=1S/C13H17BrN2O3/c1-2-3-4-11(13(18)19)16-12(17)8-5-9(14)7-10(15)6-8/h5-7,11H,2-4,15H2,1H3,(H,16,17)(H,18,19)/t11-/m0/s1. The molecule has 0 heterocycles. The molecule has 0 fully saturated rings. The molecule has 104 valence electrons. The largest absolute Gasteiger partial charge is 0.480 e. The fourth-order valence-corrected chi connectivity index (χ4v) is 2.16. The lowest BCUT2D eigenvalue weighted by molar-refractivity contribution is -0.139. The zero-order valence-electron chi connectivity index (χ0n) is 10.6. The van der Waals surface area contributed by atoms with Crippen LogP contribution in [0.15, 0.2) is 22.7 Å². The first-order valence-corrected chi connectivity index (χ1v) is 6.83. The minimum Gasteiger partial charge on any atom is -0.480 e. The highest BCUT2D eigenvalue weighted by molar-refractivity contribution is 9.10. The monoisotopic (exact) mass is 328 g/mol. The molecule has 1 amide bonds. The van der Waals surface area contributed by atoms with Gasteiger partial charge < -0.3 is 16.2 Å². The lowest BCUT2D eigenvalue weighted by Crippen LogP contribution is -2.40. The van der Waals surface area contributed by atoms with Crippen LogP contribution < -0.4 is 11.1 Å². The number of carbonyl (C=O) groups is 2. The molecule has 0 unspecified atom stereocenters. The molecule has 1 aromatic rings. The molecule has 0 aromatic heterocycles. The van der Waals surface area contributed by atoms with Gasteiger partial charge in [-0.15, -0.1) is 0 Å². The number of nitrogen functional groups attached to an aromatic ring is 1. The number of unbranched alkanes of at least 4 members (excludes halogenated alkanes) is 1. The zero-order valence-corrected chi connectivity index (χ0v) is 12.2. The molecule has 0 spiro atoms. The first kappa shape index (κ1) is 15.5. The quantitative estimate of drug-likeness (QED) is 0.699. The summed E-state index contributed by atoms with van der Waals surface area (Å²) in [5.74, 6) is -1.46. The number of carbonyl (C=O) groups excluding carboxylic acids is 1. The van der Waals surface area contributed by atoms with Gasteiger partial charge in [-0.25, -0.2) is 4.79 Å². The maximum absolute atomic E-state index is 12.0. The number of aliphatic carboxylic acids is 1. The van der Waals surface area contributed by atoms with Gasteiger partial charge in [0.15, 0.2) is 0 Å². The summed E-state index contributed by atoms with van der Waals surface area (Å²) in [6.07, 6.45) is 2.04. The van der Waals surface area contributed by atoms with Gasteiger partial charge >= 0.3 is 5.97 Å². The van der Waals surface area contributed by atoms with E-state index < -0.39 is 17.9 Å². The van der Waals surface area contributed by atoms with E-state index in [4.69, 9.17) is 10.8 Å². The van der Waals surface area contributed by atoms with Crippen LogP contribution in [0.5, 0.6) is 0 Å². The van der Waals surface area contributed by atoms with Crippen LogP contribution in [0.4, 0.5) is 5.69 Å². The van der Waals surface area contributed by atoms with Crippen molar-refractivity contribution in [2.45, 2.75) is 32.2 Å². The smallest absolute Gasteiger partial charge is 0.326 e. The molecule has 19 heavy (non-hydrogen) atoms. The SMILES string of the molecule is CCCC[C@H](NC(=O)c1cc(N)cc(Br)c1)C(=O)O. The van der Waals surface area contributed by atoms with Crippen LogP contribution in [-0.2, 0) is 4.79 Å². The van der Waals surface area contributed by atoms with Gasteiger partial charge in [-0.2, -0.15) is 0 Å². The highest BCUT2D eigenvalue weighted by Crippen LogP contribution is 2.17. The van der Waals surface area contributed by atoms with Gasteiger partial charge in [0.2, 0.25) is 0 Å². The third kappa shape index (κ3) is 4.90. The minimum atomic E-state index is -1.02. The maximum atomic E-state index is 12.0. The Balaban J connectivity index is 2.78. The third-order valence-electron chi connectivity index (χ3n) is 2.63. The Morgan fingerprint density at radius 1 is 1.42 bits per heavy atom. The second-order valence-electron chi connectivity index (χ2n) is 4.28. The first-order valence-electron chi connectivity index (χ1n) is 6.03. The molecular formula is C13H17BrN2O3. The number of anilines is 1. The van der Waals surface area contributed by atoms with Crippen LogP contribution in [0.3, 0.4) is 0 Å². The molecule has 0 aliphatic rings. The minimum absolute atomic E-state index is 0.342. The van der Waals surface area contributed by atoms with E-state index in [1.165, 1.54) is 6.07 Å². The van der Waals surface area contributed by atoms with Crippen molar-refractivity contribution in [2.75, 3.05) is 5.73 Å². The van der Waals surface area contributed by atoms with Gasteiger partial charge in [-0.3, -0.25) is 4.79 Å². The van der Waals surface area contributed by atoms with Gasteiger partial charge in [0.05, 0.1) is 0 Å². The summed E-state index contributed by atoms with van der Waals surface area (Å²) in [5, 5.41) is 11.6. The highest BCUT2D eigenvalue weighted by Gasteiger charge is 2.20. The molecule has 0 aliphatic heterocycles. The van der Waals surface area contributed by atoms with Crippen molar-refractivity contribution in [2.24, 2.45) is 0 Å². The molecular weight excluding hydrogens is 312 g/mol. The van der Waals surface area contributed by atoms with Crippen molar-refractivity contribution in [3.63, 3.8) is 0 Å². The number of amides is 1. The normalized spacial score (nSPS) is 11.9. The summed E-state index contributed by atoms with van der Waals surface area (Å²) in [6.45, 7) is 1.97. The topological polar surface area (TPSA) is 92.4 Å². The number of nitrogens with two attached hydrogens (primary N) is 1. The van der Waals surface area contributed by atoms with Crippen molar-refractivity contribution in [1.82, 2.24) is 5.32 Å². The van der Waals surface area contributed by atoms with E-state index in [-0.39, 0.29) is 0 Å². The van der Waals surface area contributed by atoms with Gasteiger partial charge in [0.25, 0.3) is 5.91 Å². The van der Waals surface area contributed by atoms with E-state index in [9.17, 15) is 9.59 Å². The van der Waals surface area contributed by atoms with Crippen LogP contribution in [0, 0.1) is 0 Å². The van der Waals surface area contributed by atoms with E-state index >= 15 is 0 Å². The highest BCUT2D eigenvalue weighted by atomic mass is 79.9. The number of hydrogen-bond acceptors (Lipinski definition) is 3. The number of rotatable bonds is 6. The van der Waals surface area contributed by atoms with Crippen LogP contribution in [0.1, 0.15) is 36.5 Å². The van der Waals surface area contributed by atoms with Gasteiger partial charge in [0.1, 0.15) is 6.04 Å². The summed E-state index contributed by atoms with van der Waals surface area (Å²) in [4.78, 5) is 23.0. The molecule has 5 nitrogen and oxygen atoms in total. The zero-order chi connectivity index (χ0) is 14.4. The summed E-state index contributed by atoms with van der Waals surface area (Å²) in [7, 11) is 0. The molecule has 1 aromatic carbocycles. The van der Waals surface area contributed by atoms with Crippen molar-refractivity contribution >= 4 is 33.5 Å². The second-order valence-corrected chi connectivity index (χ2v) is 5.20. The van der Waals surface area contributed by atoms with Crippen molar-refractivity contribution in [3.8, 4) is 0 Å². The van der Waals surface area contributed by atoms with Gasteiger partial charge in [-0.1, -0.05) is 35.7 Å². The van der Waals surface area contributed by atoms with Crippen molar-refractivity contribution < 1.29 is 14.7 Å². The molecule has 0 bridgehead atoms. The Morgan fingerprint density at radius 3 is 2.63 bits per heavy atom. The number of carboxylic acid groups (broad SMARTS) is 1. The third-order valence-corrected chi connectivity index (χ3v) is 3.09. The van der Waals surface area contributed by atoms with Gasteiger partial charge in [-0.05, 0) is 24.6 Å². The van der Waals surface area contributed by atoms with E-state index in [1.807, 2.05) is 6.92 Å². The summed E-state index contributed by atoms with van der Waals surface area (Å²) in [5.41, 5.74) is 6.43. The number of hydrogen-bond donors (Lipinski definition) is 3. The van der Waals surface area contributed by atoms with Crippen LogP contribution in [-0.4, -0.2) is 23.0 Å². The van der Waals surface area contributed by atoms with Crippen LogP contribution in [0.25, 0.3) is 0 Å². The molecule has 1 rings (SSSR count). The molecule has 6 heteroatoms. The molecule has 1 atom stereocenters. The summed E-state index contributed by atoms with van der Waals surface area (Å²) < 4.78 is 0.679. The fourth-order valence-electron chi connectivity index (χ4n) is 1.65. The van der Waals surface area contributed by atoms with E-state index in [0.717, 1.165) is 12.8 Å². The Hall–Kier alpha value is -1.56. The predicted molar refractivity (Wildman–Crippen MR) is 77.0 cm³/mol. The number of halogens is 1. The average molecular weight is 329 g/mol. The first-order chi connectivity index (χ1) is 8.93. The van der Waals surface area contributed by atoms with Crippen molar-refractivity contribution in [3.05, 3.63) is 28.2 Å². The van der Waals surface area contributed by atoms with E-state index in [1.54, 1.807) is 12.1 Å². The molecule has 0 saturated carbocycles. The number of nitrogens with one attached hydrogen (secondary N) is 1. The fraction of sp³-hybridized carbons (Fsp3) is 0.385. The lowest BCUT2D eigenvalue weighted by atomic mass is 10.1. The van der Waals surface area contributed by atoms with Crippen molar-refractivity contribution in [1.29, 1.82) is 0 Å². The molecule has 0 aliphatic carbocycles. The Labute approximate surface area is 120 Å². The van der Waals surface area contributed by atoms with E-state index in [2.05, 4.69) is 21.2 Å². The molecule has 0 saturated heterocycles. The molecule has 0 radical (unpaired) electrons. The summed E-state index contributed by atoms with van der Waals surface area (Å²) in [6, 6.07) is 3.92. The van der Waals surface area contributed by atoms with E-state index in [0.29, 0.717) is 22.1 Å². The predicted octanol–water partition coefficient (Wildman–Crippen LogP) is 2.40. The molecule has 4 N–H and O–H groups in total. The van der Waals surface area contributed by atoms with Crippen LogP contribution >= 0.6 is 15.9 Å². The Kier molecular flexibility index (Phi) is 5.82. The Bertz CT molecular complexity index is 457. The lowest BCUT2D eigenvalue weighted by Gasteiger charge is -2.14. The maximum Gasteiger partial charge on any atom is 0.326 e. The number of carboxylic acids is 1. The Morgan fingerprint density at radius 2 is 2.11 bits per heavy atom.